The third-order valence-electron chi connectivity index (χ3n) is 5.64. The van der Waals surface area contributed by atoms with Gasteiger partial charge in [-0.3, -0.25) is 9.59 Å². The Morgan fingerprint density at radius 3 is 2.09 bits per heavy atom. The maximum Gasteiger partial charge on any atom is 0.343 e. The number of hydrogen-bond acceptors (Lipinski definition) is 5. The van der Waals surface area contributed by atoms with Crippen molar-refractivity contribution < 1.29 is 19.1 Å². The van der Waals surface area contributed by atoms with Crippen LogP contribution in [0.4, 0.5) is 11.4 Å². The standard InChI is InChI=1S/C27H22Cl2N2O4/c1-4-17-5-11-20(12-6-17)31-25(32)23(29)24(26(31)33)30-19-9-7-18(8-10-19)27(34)35-21-13-15(2)22(28)16(3)14-21/h5-14,30H,4H2,1-3H3. The van der Waals surface area contributed by atoms with E-state index < -0.39 is 17.8 Å². The molecule has 3 aromatic rings. The minimum atomic E-state index is -0.600. The number of anilines is 2. The van der Waals surface area contributed by atoms with E-state index in [2.05, 4.69) is 5.32 Å². The van der Waals surface area contributed by atoms with E-state index in [1.54, 1.807) is 48.5 Å². The van der Waals surface area contributed by atoms with E-state index in [1.165, 1.54) is 0 Å². The van der Waals surface area contributed by atoms with Crippen molar-refractivity contribution in [3.05, 3.63) is 98.7 Å². The molecule has 1 heterocycles. The van der Waals surface area contributed by atoms with E-state index in [0.29, 0.717) is 27.7 Å². The Morgan fingerprint density at radius 2 is 1.51 bits per heavy atom. The van der Waals surface area contributed by atoms with Crippen LogP contribution in [0.1, 0.15) is 34.0 Å². The van der Waals surface area contributed by atoms with E-state index in [1.807, 2.05) is 32.9 Å². The number of ether oxygens (including phenoxy) is 1. The van der Waals surface area contributed by atoms with Gasteiger partial charge in [0.2, 0.25) is 0 Å². The Morgan fingerprint density at radius 1 is 0.914 bits per heavy atom. The first-order valence-corrected chi connectivity index (χ1v) is 11.7. The van der Waals surface area contributed by atoms with E-state index >= 15 is 0 Å². The summed E-state index contributed by atoms with van der Waals surface area (Å²) in [6.45, 7) is 5.69. The molecular weight excluding hydrogens is 487 g/mol. The number of nitrogens with one attached hydrogen (secondary N) is 1. The Balaban J connectivity index is 1.47. The summed E-state index contributed by atoms with van der Waals surface area (Å²) in [6.07, 6.45) is 0.844. The largest absolute Gasteiger partial charge is 0.423 e. The smallest absolute Gasteiger partial charge is 0.343 e. The van der Waals surface area contributed by atoms with Gasteiger partial charge in [0.25, 0.3) is 11.8 Å². The van der Waals surface area contributed by atoms with Crippen LogP contribution in [-0.2, 0) is 16.0 Å². The number of hydrogen-bond donors (Lipinski definition) is 1. The molecule has 0 aliphatic carbocycles. The number of carbonyl (C=O) groups is 3. The van der Waals surface area contributed by atoms with E-state index in [-0.39, 0.29) is 10.7 Å². The number of amides is 2. The van der Waals surface area contributed by atoms with Gasteiger partial charge in [-0.15, -0.1) is 0 Å². The van der Waals surface area contributed by atoms with Gasteiger partial charge in [-0.2, -0.15) is 0 Å². The highest BCUT2D eigenvalue weighted by atomic mass is 35.5. The molecule has 1 N–H and O–H groups in total. The molecule has 0 atom stereocenters. The summed E-state index contributed by atoms with van der Waals surface area (Å²) in [5.74, 6) is -1.29. The SMILES string of the molecule is CCc1ccc(N2C(=O)C(Cl)=C(Nc3ccc(C(=O)Oc4cc(C)c(Cl)c(C)c4)cc3)C2=O)cc1. The number of benzene rings is 3. The maximum atomic E-state index is 13.0. The van der Waals surface area contributed by atoms with Gasteiger partial charge in [-0.1, -0.05) is 42.3 Å². The van der Waals surface area contributed by atoms with Gasteiger partial charge >= 0.3 is 5.97 Å². The van der Waals surface area contributed by atoms with E-state index in [4.69, 9.17) is 27.9 Å². The van der Waals surface area contributed by atoms with E-state index in [0.717, 1.165) is 28.0 Å². The average Bonchev–Trinajstić information content (AvgIpc) is 3.06. The molecular formula is C27H22Cl2N2O4. The second-order valence-corrected chi connectivity index (χ2v) is 8.87. The molecule has 0 unspecified atom stereocenters. The number of carbonyl (C=O) groups excluding carboxylic acids is 3. The lowest BCUT2D eigenvalue weighted by atomic mass is 10.1. The molecule has 0 bridgehead atoms. The van der Waals surface area contributed by atoms with Gasteiger partial charge in [0.05, 0.1) is 11.3 Å². The molecule has 178 valence electrons. The summed E-state index contributed by atoms with van der Waals surface area (Å²) in [5.41, 5.74) is 3.92. The highest BCUT2D eigenvalue weighted by Gasteiger charge is 2.38. The van der Waals surface area contributed by atoms with Crippen LogP contribution in [0.25, 0.3) is 0 Å². The van der Waals surface area contributed by atoms with Crippen molar-refractivity contribution in [3.8, 4) is 5.75 Å². The molecule has 8 heteroatoms. The fourth-order valence-electron chi connectivity index (χ4n) is 3.69. The van der Waals surface area contributed by atoms with Crippen molar-refractivity contribution >= 4 is 52.4 Å². The normalized spacial score (nSPS) is 13.5. The Labute approximate surface area is 213 Å². The fraction of sp³-hybridized carbons (Fsp3) is 0.148. The molecule has 6 nitrogen and oxygen atoms in total. The van der Waals surface area contributed by atoms with Crippen LogP contribution in [0.3, 0.4) is 0 Å². The van der Waals surface area contributed by atoms with Crippen molar-refractivity contribution in [2.45, 2.75) is 27.2 Å². The zero-order valence-electron chi connectivity index (χ0n) is 19.3. The van der Waals surface area contributed by atoms with Crippen LogP contribution in [0.2, 0.25) is 5.02 Å². The molecule has 0 aromatic heterocycles. The van der Waals surface area contributed by atoms with Crippen LogP contribution in [-0.4, -0.2) is 17.8 Å². The first-order chi connectivity index (χ1) is 16.7. The Hall–Kier alpha value is -3.61. The monoisotopic (exact) mass is 508 g/mol. The van der Waals surface area contributed by atoms with Gasteiger partial charge in [0.15, 0.2) is 0 Å². The molecule has 2 amide bonds. The molecule has 0 saturated heterocycles. The zero-order chi connectivity index (χ0) is 25.3. The Bertz CT molecular complexity index is 1340. The molecule has 1 aliphatic heterocycles. The topological polar surface area (TPSA) is 75.7 Å². The summed E-state index contributed by atoms with van der Waals surface area (Å²) in [6, 6.07) is 16.8. The third kappa shape index (κ3) is 4.94. The minimum absolute atomic E-state index is 0.0290. The third-order valence-corrected chi connectivity index (χ3v) is 6.59. The number of halogens is 2. The van der Waals surface area contributed by atoms with Crippen molar-refractivity contribution in [2.24, 2.45) is 0 Å². The molecule has 3 aromatic carbocycles. The van der Waals surface area contributed by atoms with Crippen molar-refractivity contribution in [1.82, 2.24) is 0 Å². The summed E-state index contributed by atoms with van der Waals surface area (Å²) >= 11 is 12.4. The maximum absolute atomic E-state index is 13.0. The first kappa shape index (κ1) is 24.5. The molecule has 0 radical (unpaired) electrons. The molecule has 1 aliphatic rings. The predicted molar refractivity (Wildman–Crippen MR) is 137 cm³/mol. The fourth-order valence-corrected chi connectivity index (χ4v) is 4.01. The van der Waals surface area contributed by atoms with Crippen LogP contribution in [0.5, 0.6) is 5.75 Å². The Kier molecular flexibility index (Phi) is 6.96. The summed E-state index contributed by atoms with van der Waals surface area (Å²) < 4.78 is 5.46. The van der Waals surface area contributed by atoms with Crippen molar-refractivity contribution in [1.29, 1.82) is 0 Å². The second kappa shape index (κ2) is 9.94. The number of imide groups is 1. The first-order valence-electron chi connectivity index (χ1n) is 10.9. The van der Waals surface area contributed by atoms with Crippen molar-refractivity contribution in [3.63, 3.8) is 0 Å². The molecule has 0 saturated carbocycles. The van der Waals surface area contributed by atoms with Gasteiger partial charge < -0.3 is 10.1 Å². The molecule has 4 rings (SSSR count). The van der Waals surface area contributed by atoms with Gasteiger partial charge in [0.1, 0.15) is 16.5 Å². The van der Waals surface area contributed by atoms with Crippen molar-refractivity contribution in [2.75, 3.05) is 10.2 Å². The number of aryl methyl sites for hydroxylation is 3. The molecule has 0 fully saturated rings. The van der Waals surface area contributed by atoms with Crippen LogP contribution >= 0.6 is 23.2 Å². The van der Waals surface area contributed by atoms with Gasteiger partial charge in [0, 0.05) is 10.7 Å². The number of rotatable bonds is 6. The lowest BCUT2D eigenvalue weighted by Gasteiger charge is -2.15. The van der Waals surface area contributed by atoms with Gasteiger partial charge in [-0.05, 0) is 85.5 Å². The average molecular weight is 509 g/mol. The van der Waals surface area contributed by atoms with E-state index in [9.17, 15) is 14.4 Å². The summed E-state index contributed by atoms with van der Waals surface area (Å²) in [5, 5.41) is 3.33. The highest BCUT2D eigenvalue weighted by molar-refractivity contribution is 6.53. The predicted octanol–water partition coefficient (Wildman–Crippen LogP) is 6.17. The van der Waals surface area contributed by atoms with Crippen LogP contribution in [0, 0.1) is 13.8 Å². The zero-order valence-corrected chi connectivity index (χ0v) is 20.8. The second-order valence-electron chi connectivity index (χ2n) is 8.12. The van der Waals surface area contributed by atoms with Gasteiger partial charge in [-0.25, -0.2) is 9.69 Å². The van der Waals surface area contributed by atoms with Crippen LogP contribution in [0.15, 0.2) is 71.4 Å². The summed E-state index contributed by atoms with van der Waals surface area (Å²) in [4.78, 5) is 39.2. The number of nitrogens with zero attached hydrogens (tertiary/aromatic N) is 1. The minimum Gasteiger partial charge on any atom is -0.423 e. The summed E-state index contributed by atoms with van der Waals surface area (Å²) in [7, 11) is 0. The molecule has 0 spiro atoms. The lowest BCUT2D eigenvalue weighted by Crippen LogP contribution is -2.32. The van der Waals surface area contributed by atoms with Crippen LogP contribution < -0.4 is 15.0 Å². The number of esters is 1. The lowest BCUT2D eigenvalue weighted by molar-refractivity contribution is -0.120. The highest BCUT2D eigenvalue weighted by Crippen LogP contribution is 2.31. The quantitative estimate of drug-likeness (QED) is 0.244. The molecule has 35 heavy (non-hydrogen) atoms.